The molecule has 0 saturated carbocycles. The molecule has 2 heterocycles. The van der Waals surface area contributed by atoms with Crippen LogP contribution >= 0.6 is 21.2 Å². The van der Waals surface area contributed by atoms with Crippen LogP contribution in [0, 0.1) is 13.8 Å². The summed E-state index contributed by atoms with van der Waals surface area (Å²) in [6, 6.07) is 4.30. The molecule has 4 unspecified atom stereocenters. The predicted molar refractivity (Wildman–Crippen MR) is 87.6 cm³/mol. The van der Waals surface area contributed by atoms with Gasteiger partial charge in [0, 0.05) is 11.1 Å². The van der Waals surface area contributed by atoms with E-state index in [1.54, 1.807) is 0 Å². The highest BCUT2D eigenvalue weighted by molar-refractivity contribution is 7.89. The summed E-state index contributed by atoms with van der Waals surface area (Å²) in [5.74, 6) is 0. The van der Waals surface area contributed by atoms with Gasteiger partial charge in [0.1, 0.15) is 12.5 Å². The minimum atomic E-state index is -0.732. The van der Waals surface area contributed by atoms with Crippen molar-refractivity contribution in [3.05, 3.63) is 28.8 Å². The number of nitrogens with two attached hydrogens (primary N) is 1. The van der Waals surface area contributed by atoms with E-state index in [-0.39, 0.29) is 0 Å². The highest BCUT2D eigenvalue weighted by Gasteiger charge is 2.57. The van der Waals surface area contributed by atoms with E-state index in [4.69, 9.17) is 26.2 Å². The van der Waals surface area contributed by atoms with Crippen LogP contribution in [0.2, 0.25) is 0 Å². The summed E-state index contributed by atoms with van der Waals surface area (Å²) in [6.07, 6.45) is 0.856. The predicted octanol–water partition coefficient (Wildman–Crippen LogP) is 1.59. The van der Waals surface area contributed by atoms with Crippen LogP contribution in [0.25, 0.3) is 0 Å². The van der Waals surface area contributed by atoms with Crippen LogP contribution in [-0.4, -0.2) is 24.3 Å². The van der Waals surface area contributed by atoms with Gasteiger partial charge in [-0.2, -0.15) is 0 Å². The van der Waals surface area contributed by atoms with Crippen LogP contribution in [0.15, 0.2) is 12.1 Å². The Balaban J connectivity index is 2.17. The molecule has 4 atom stereocenters. The minimum absolute atomic E-state index is 0.457. The van der Waals surface area contributed by atoms with Crippen molar-refractivity contribution in [3.8, 4) is 0 Å². The Morgan fingerprint density at radius 3 is 2.68 bits per heavy atom. The third-order valence-electron chi connectivity index (χ3n) is 4.14. The second-order valence-electron chi connectivity index (χ2n) is 6.02. The second-order valence-corrected chi connectivity index (χ2v) is 8.57. The van der Waals surface area contributed by atoms with Crippen LogP contribution in [0.5, 0.6) is 0 Å². The Morgan fingerprint density at radius 1 is 1.37 bits per heavy atom. The largest absolute Gasteiger partial charge is 0.366 e. The Morgan fingerprint density at radius 2 is 2.00 bits per heavy atom. The first-order valence-corrected chi connectivity index (χ1v) is 8.07. The Kier molecular flexibility index (Phi) is 2.83. The number of thiol groups is 1. The maximum Gasteiger partial charge on any atom is 0.111 e. The van der Waals surface area contributed by atoms with Gasteiger partial charge in [-0.25, -0.2) is 0 Å². The zero-order valence-electron chi connectivity index (χ0n) is 11.5. The van der Waals surface area contributed by atoms with E-state index < -0.39 is 15.7 Å². The van der Waals surface area contributed by atoms with Gasteiger partial charge < -0.3 is 11.1 Å². The fourth-order valence-electron chi connectivity index (χ4n) is 2.88. The second kappa shape index (κ2) is 3.91. The standard InChI is InChI=1S/C13H19BN3PS/c1-7-4-9-10(5-8(7)2)16-13(19)12(9,14)17-11(3,15)6-18-13/h4-5,16-19H,6,15H2,1-3H3. The smallest absolute Gasteiger partial charge is 0.111 e. The lowest BCUT2D eigenvalue weighted by Crippen LogP contribution is -2.70. The molecule has 1 saturated heterocycles. The van der Waals surface area contributed by atoms with Crippen LogP contribution < -0.4 is 16.4 Å². The van der Waals surface area contributed by atoms with Crippen molar-refractivity contribution >= 4 is 34.7 Å². The lowest BCUT2D eigenvalue weighted by atomic mass is 9.71. The first-order chi connectivity index (χ1) is 8.67. The highest BCUT2D eigenvalue weighted by atomic mass is 32.1. The minimum Gasteiger partial charge on any atom is -0.366 e. The van der Waals surface area contributed by atoms with E-state index in [1.165, 1.54) is 11.1 Å². The van der Waals surface area contributed by atoms with Gasteiger partial charge in [-0.05, 0) is 49.7 Å². The molecule has 0 amide bonds. The van der Waals surface area contributed by atoms with Crippen LogP contribution in [-0.2, 0) is 5.44 Å². The molecular weight excluding hydrogens is 272 g/mol. The maximum absolute atomic E-state index is 6.68. The van der Waals surface area contributed by atoms with E-state index in [2.05, 4.69) is 36.6 Å². The summed E-state index contributed by atoms with van der Waals surface area (Å²) >= 11 is 4.84. The first-order valence-electron chi connectivity index (χ1n) is 6.41. The fourth-order valence-corrected chi connectivity index (χ4v) is 4.83. The Labute approximate surface area is 123 Å². The number of benzene rings is 1. The molecule has 2 aliphatic heterocycles. The van der Waals surface area contributed by atoms with Gasteiger partial charge in [-0.15, -0.1) is 12.6 Å². The van der Waals surface area contributed by atoms with E-state index in [9.17, 15) is 0 Å². The molecule has 0 aliphatic carbocycles. The quantitative estimate of drug-likeness (QED) is 0.333. The number of fused-ring (bicyclic) bond motifs is 3. The van der Waals surface area contributed by atoms with E-state index in [0.29, 0.717) is 8.58 Å². The summed E-state index contributed by atoms with van der Waals surface area (Å²) in [4.78, 5) is 0. The molecule has 0 aromatic heterocycles. The summed E-state index contributed by atoms with van der Waals surface area (Å²) in [5.41, 5.74) is 9.69. The van der Waals surface area contributed by atoms with Gasteiger partial charge >= 0.3 is 0 Å². The molecule has 3 rings (SSSR count). The van der Waals surface area contributed by atoms with E-state index in [0.717, 1.165) is 17.4 Å². The highest BCUT2D eigenvalue weighted by Crippen LogP contribution is 2.58. The zero-order valence-corrected chi connectivity index (χ0v) is 13.4. The Hall–Kier alpha value is -0.215. The summed E-state index contributed by atoms with van der Waals surface area (Å²) < 4.78 is -0.464. The van der Waals surface area contributed by atoms with Crippen molar-refractivity contribution in [2.45, 2.75) is 36.5 Å². The van der Waals surface area contributed by atoms with Gasteiger partial charge in [0.05, 0.1) is 5.66 Å². The summed E-state index contributed by atoms with van der Waals surface area (Å²) in [7, 11) is 7.22. The zero-order chi connectivity index (χ0) is 14.1. The first kappa shape index (κ1) is 13.8. The third-order valence-corrected chi connectivity index (χ3v) is 7.02. The molecule has 2 aliphatic rings. The molecule has 3 nitrogen and oxygen atoms in total. The molecule has 4 N–H and O–H groups in total. The number of aryl methyl sites for hydroxylation is 2. The molecule has 1 fully saturated rings. The van der Waals surface area contributed by atoms with Gasteiger partial charge in [-0.1, -0.05) is 14.6 Å². The van der Waals surface area contributed by atoms with Crippen molar-refractivity contribution in [2.24, 2.45) is 5.73 Å². The number of anilines is 1. The fraction of sp³-hybridized carbons (Fsp3) is 0.538. The molecule has 0 spiro atoms. The lowest BCUT2D eigenvalue weighted by Gasteiger charge is -2.52. The van der Waals surface area contributed by atoms with Gasteiger partial charge in [0.2, 0.25) is 0 Å². The van der Waals surface area contributed by atoms with E-state index >= 15 is 0 Å². The van der Waals surface area contributed by atoms with Gasteiger partial charge in [0.15, 0.2) is 0 Å². The number of rotatable bonds is 0. The van der Waals surface area contributed by atoms with Crippen molar-refractivity contribution in [1.82, 2.24) is 5.32 Å². The molecule has 6 heteroatoms. The average molecular weight is 291 g/mol. The summed E-state index contributed by atoms with van der Waals surface area (Å²) in [5, 5.41) is 6.89. The number of hydrogen-bond donors (Lipinski definition) is 4. The monoisotopic (exact) mass is 291 g/mol. The topological polar surface area (TPSA) is 50.1 Å². The van der Waals surface area contributed by atoms with Crippen molar-refractivity contribution in [1.29, 1.82) is 0 Å². The Bertz CT molecular complexity index is 565. The van der Waals surface area contributed by atoms with Crippen molar-refractivity contribution < 1.29 is 0 Å². The summed E-state index contributed by atoms with van der Waals surface area (Å²) in [6.45, 7) is 6.20. The van der Waals surface area contributed by atoms with Crippen molar-refractivity contribution in [2.75, 3.05) is 11.5 Å². The molecule has 1 aromatic rings. The number of nitrogens with one attached hydrogen (secondary N) is 2. The van der Waals surface area contributed by atoms with Gasteiger partial charge in [-0.3, -0.25) is 5.32 Å². The van der Waals surface area contributed by atoms with Crippen LogP contribution in [0.1, 0.15) is 23.6 Å². The third kappa shape index (κ3) is 1.86. The average Bonchev–Trinajstić information content (AvgIpc) is 2.48. The normalized spacial score (nSPS) is 41.7. The molecule has 0 bridgehead atoms. The van der Waals surface area contributed by atoms with Crippen molar-refractivity contribution in [3.63, 3.8) is 0 Å². The number of hydrogen-bond acceptors (Lipinski definition) is 4. The lowest BCUT2D eigenvalue weighted by molar-refractivity contribution is 0.301. The van der Waals surface area contributed by atoms with E-state index in [1.807, 2.05) is 6.92 Å². The SMILES string of the molecule is [B]C12NC(C)(N)CPC1(S)Nc1cc(C)c(C)cc12. The van der Waals surface area contributed by atoms with Gasteiger partial charge in [0.25, 0.3) is 0 Å². The molecule has 2 radical (unpaired) electrons. The molecule has 1 aromatic carbocycles. The molecule has 19 heavy (non-hydrogen) atoms. The maximum atomic E-state index is 6.68. The molecular formula is C13H19BN3PS. The van der Waals surface area contributed by atoms with Crippen LogP contribution in [0.4, 0.5) is 5.69 Å². The van der Waals surface area contributed by atoms with Crippen LogP contribution in [0.3, 0.4) is 0 Å². The molecule has 100 valence electrons.